The Morgan fingerprint density at radius 1 is 1.00 bits per heavy atom. The number of benzene rings is 2. The fourth-order valence-electron chi connectivity index (χ4n) is 3.13. The zero-order chi connectivity index (χ0) is 20.1. The minimum Gasteiger partial charge on any atom is -0.484 e. The van der Waals surface area contributed by atoms with Gasteiger partial charge in [-0.05, 0) is 18.2 Å². The monoisotopic (exact) mass is 412 g/mol. The molecule has 0 bridgehead atoms. The van der Waals surface area contributed by atoms with Crippen molar-refractivity contribution < 1.29 is 22.7 Å². The molecular weight excluding hydrogens is 393 g/mol. The normalized spacial score (nSPS) is 14.9. The van der Waals surface area contributed by atoms with E-state index in [-0.39, 0.29) is 18.1 Å². The second-order valence-electron chi connectivity index (χ2n) is 6.51. The summed E-state index contributed by atoms with van der Waals surface area (Å²) in [5, 5.41) is 0.665. The predicted octanol–water partition coefficient (Wildman–Crippen LogP) is 4.17. The van der Waals surface area contributed by atoms with Crippen LogP contribution in [-0.4, -0.2) is 49.8 Å². The summed E-state index contributed by atoms with van der Waals surface area (Å²) >= 11 is 6.23. The molecule has 1 heterocycles. The summed E-state index contributed by atoms with van der Waals surface area (Å²) in [5.74, 6) is -0.0512. The van der Waals surface area contributed by atoms with E-state index in [0.717, 1.165) is 5.69 Å². The van der Waals surface area contributed by atoms with E-state index in [4.69, 9.17) is 16.3 Å². The van der Waals surface area contributed by atoms with Gasteiger partial charge in [-0.2, -0.15) is 13.2 Å². The maximum Gasteiger partial charge on any atom is 0.422 e. The van der Waals surface area contributed by atoms with Crippen molar-refractivity contribution in [3.8, 4) is 5.75 Å². The van der Waals surface area contributed by atoms with Crippen LogP contribution in [0.1, 0.15) is 5.56 Å². The minimum atomic E-state index is -4.42. The summed E-state index contributed by atoms with van der Waals surface area (Å²) in [6, 6.07) is 13.9. The van der Waals surface area contributed by atoms with Gasteiger partial charge in [0.2, 0.25) is 5.91 Å². The molecule has 0 atom stereocenters. The molecule has 1 amide bonds. The Hall–Kier alpha value is -2.41. The molecule has 0 unspecified atom stereocenters. The molecule has 8 heteroatoms. The number of carbonyl (C=O) groups excluding carboxylic acids is 1. The van der Waals surface area contributed by atoms with Crippen LogP contribution in [0.25, 0.3) is 0 Å². The number of hydrogen-bond acceptors (Lipinski definition) is 3. The van der Waals surface area contributed by atoms with Gasteiger partial charge in [0.15, 0.2) is 6.61 Å². The second-order valence-corrected chi connectivity index (χ2v) is 6.91. The van der Waals surface area contributed by atoms with Gasteiger partial charge in [-0.15, -0.1) is 0 Å². The third-order valence-electron chi connectivity index (χ3n) is 4.53. The van der Waals surface area contributed by atoms with Gasteiger partial charge in [-0.25, -0.2) is 0 Å². The molecule has 1 saturated heterocycles. The zero-order valence-electron chi connectivity index (χ0n) is 15.1. The van der Waals surface area contributed by atoms with Crippen LogP contribution < -0.4 is 9.64 Å². The maximum atomic E-state index is 12.6. The number of nitrogens with zero attached hydrogens (tertiary/aromatic N) is 2. The number of anilines is 1. The lowest BCUT2D eigenvalue weighted by Crippen LogP contribution is -2.49. The van der Waals surface area contributed by atoms with Gasteiger partial charge in [0.1, 0.15) is 5.75 Å². The number of halogens is 4. The van der Waals surface area contributed by atoms with Gasteiger partial charge < -0.3 is 14.5 Å². The molecule has 4 nitrogen and oxygen atoms in total. The lowest BCUT2D eigenvalue weighted by atomic mass is 10.1. The topological polar surface area (TPSA) is 32.8 Å². The average Bonchev–Trinajstić information content (AvgIpc) is 2.67. The highest BCUT2D eigenvalue weighted by Gasteiger charge is 2.29. The van der Waals surface area contributed by atoms with Crippen LogP contribution in [0.3, 0.4) is 0 Å². The number of amides is 1. The molecule has 1 aliphatic rings. The van der Waals surface area contributed by atoms with Gasteiger partial charge in [-0.3, -0.25) is 4.79 Å². The summed E-state index contributed by atoms with van der Waals surface area (Å²) in [7, 11) is 0. The van der Waals surface area contributed by atoms with Crippen molar-refractivity contribution in [2.75, 3.05) is 37.7 Å². The minimum absolute atomic E-state index is 0.000123. The van der Waals surface area contributed by atoms with Crippen molar-refractivity contribution in [2.45, 2.75) is 12.6 Å². The van der Waals surface area contributed by atoms with Crippen molar-refractivity contribution in [1.82, 2.24) is 4.90 Å². The number of alkyl halides is 3. The van der Waals surface area contributed by atoms with Crippen LogP contribution >= 0.6 is 11.6 Å². The molecule has 1 aliphatic heterocycles. The third kappa shape index (κ3) is 5.32. The standard InChI is InChI=1S/C20H20ClF3N2O2/c21-16-6-2-3-7-17(16)25-9-11-26(12-10-25)19(27)13-15-5-1-4-8-18(15)28-14-20(22,23)24/h1-8H,9-14H2. The fraction of sp³-hybridized carbons (Fsp3) is 0.350. The van der Waals surface area contributed by atoms with Crippen molar-refractivity contribution >= 4 is 23.2 Å². The quantitative estimate of drug-likeness (QED) is 0.738. The first-order chi connectivity index (χ1) is 13.3. The first kappa shape index (κ1) is 20.3. The molecule has 0 N–H and O–H groups in total. The SMILES string of the molecule is O=C(Cc1ccccc1OCC(F)(F)F)N1CCN(c2ccccc2Cl)CC1. The number of rotatable bonds is 5. The number of hydrogen-bond donors (Lipinski definition) is 0. The zero-order valence-corrected chi connectivity index (χ0v) is 15.8. The van der Waals surface area contributed by atoms with E-state index in [2.05, 4.69) is 4.90 Å². The Morgan fingerprint density at radius 2 is 1.64 bits per heavy atom. The van der Waals surface area contributed by atoms with E-state index in [1.165, 1.54) is 6.07 Å². The predicted molar refractivity (Wildman–Crippen MR) is 102 cm³/mol. The average molecular weight is 413 g/mol. The van der Waals surface area contributed by atoms with Crippen LogP contribution in [-0.2, 0) is 11.2 Å². The third-order valence-corrected chi connectivity index (χ3v) is 4.85. The van der Waals surface area contributed by atoms with Gasteiger partial charge in [0, 0.05) is 31.7 Å². The van der Waals surface area contributed by atoms with Crippen LogP contribution in [0.5, 0.6) is 5.75 Å². The molecule has 2 aromatic rings. The van der Waals surface area contributed by atoms with Crippen LogP contribution in [0.4, 0.5) is 18.9 Å². The largest absolute Gasteiger partial charge is 0.484 e. The van der Waals surface area contributed by atoms with Gasteiger partial charge in [0.25, 0.3) is 0 Å². The Morgan fingerprint density at radius 3 is 2.32 bits per heavy atom. The summed E-state index contributed by atoms with van der Waals surface area (Å²) in [6.07, 6.45) is -4.42. The smallest absolute Gasteiger partial charge is 0.422 e. The number of piperazine rings is 1. The number of para-hydroxylation sites is 2. The Kier molecular flexibility index (Phi) is 6.34. The molecule has 150 valence electrons. The Labute approximate surface area is 166 Å². The van der Waals surface area contributed by atoms with E-state index < -0.39 is 12.8 Å². The summed E-state index contributed by atoms with van der Waals surface area (Å²) < 4.78 is 42.1. The molecule has 0 radical (unpaired) electrons. The van der Waals surface area contributed by atoms with Crippen LogP contribution in [0.2, 0.25) is 5.02 Å². The summed E-state index contributed by atoms with van der Waals surface area (Å²) in [4.78, 5) is 16.5. The molecule has 0 saturated carbocycles. The molecule has 3 rings (SSSR count). The highest BCUT2D eigenvalue weighted by atomic mass is 35.5. The lowest BCUT2D eigenvalue weighted by molar-refractivity contribution is -0.153. The van der Waals surface area contributed by atoms with E-state index in [1.807, 2.05) is 24.3 Å². The van der Waals surface area contributed by atoms with Crippen molar-refractivity contribution in [3.05, 3.63) is 59.1 Å². The molecule has 28 heavy (non-hydrogen) atoms. The lowest BCUT2D eigenvalue weighted by Gasteiger charge is -2.36. The fourth-order valence-corrected chi connectivity index (χ4v) is 3.39. The highest BCUT2D eigenvalue weighted by Crippen LogP contribution is 2.27. The molecule has 0 aromatic heterocycles. The first-order valence-electron chi connectivity index (χ1n) is 8.88. The highest BCUT2D eigenvalue weighted by molar-refractivity contribution is 6.33. The van der Waals surface area contributed by atoms with E-state index in [1.54, 1.807) is 23.1 Å². The van der Waals surface area contributed by atoms with Crippen LogP contribution in [0.15, 0.2) is 48.5 Å². The van der Waals surface area contributed by atoms with Crippen molar-refractivity contribution in [1.29, 1.82) is 0 Å². The van der Waals surface area contributed by atoms with Gasteiger partial charge >= 0.3 is 6.18 Å². The Balaban J connectivity index is 1.59. The van der Waals surface area contributed by atoms with E-state index >= 15 is 0 Å². The first-order valence-corrected chi connectivity index (χ1v) is 9.26. The van der Waals surface area contributed by atoms with E-state index in [9.17, 15) is 18.0 Å². The molecule has 2 aromatic carbocycles. The number of carbonyl (C=O) groups is 1. The van der Waals surface area contributed by atoms with Crippen molar-refractivity contribution in [3.63, 3.8) is 0 Å². The summed E-state index contributed by atoms with van der Waals surface area (Å²) in [5.41, 5.74) is 1.38. The van der Waals surface area contributed by atoms with E-state index in [0.29, 0.717) is 36.8 Å². The number of ether oxygens (including phenoxy) is 1. The maximum absolute atomic E-state index is 12.6. The van der Waals surface area contributed by atoms with Crippen LogP contribution in [0, 0.1) is 0 Å². The molecule has 0 spiro atoms. The molecular formula is C20H20ClF3N2O2. The van der Waals surface area contributed by atoms with Gasteiger partial charge in [-0.1, -0.05) is 41.9 Å². The Bertz CT molecular complexity index is 821. The second kappa shape index (κ2) is 8.73. The molecule has 1 fully saturated rings. The van der Waals surface area contributed by atoms with Gasteiger partial charge in [0.05, 0.1) is 17.1 Å². The molecule has 0 aliphatic carbocycles. The summed E-state index contributed by atoms with van der Waals surface area (Å²) in [6.45, 7) is 0.948. The van der Waals surface area contributed by atoms with Crippen molar-refractivity contribution in [2.24, 2.45) is 0 Å².